The van der Waals surface area contributed by atoms with Gasteiger partial charge in [0.05, 0.1) is 17.7 Å². The van der Waals surface area contributed by atoms with Crippen LogP contribution < -0.4 is 15.4 Å². The van der Waals surface area contributed by atoms with E-state index in [0.29, 0.717) is 22.9 Å². The van der Waals surface area contributed by atoms with Crippen molar-refractivity contribution in [2.45, 2.75) is 20.4 Å². The standard InChI is InChI=1S/C19H20ClIN2O3/c1-11(2)18(24)23-13-6-4-12(5-7-13)10-22-19(25)14-8-15(20)16(21)9-17(14)26-3/h4-9,11H,10H2,1-3H3,(H,22,25)(H,23,24). The summed E-state index contributed by atoms with van der Waals surface area (Å²) in [7, 11) is 1.51. The largest absolute Gasteiger partial charge is 0.496 e. The zero-order valence-corrected chi connectivity index (χ0v) is 17.6. The summed E-state index contributed by atoms with van der Waals surface area (Å²) >= 11 is 8.19. The minimum absolute atomic E-state index is 0.0336. The average molecular weight is 487 g/mol. The summed E-state index contributed by atoms with van der Waals surface area (Å²) in [6.45, 7) is 4.03. The number of rotatable bonds is 6. The number of ether oxygens (including phenoxy) is 1. The van der Waals surface area contributed by atoms with E-state index in [1.807, 2.05) is 38.1 Å². The molecule has 0 saturated heterocycles. The van der Waals surface area contributed by atoms with Crippen molar-refractivity contribution in [1.29, 1.82) is 0 Å². The van der Waals surface area contributed by atoms with Crippen LogP contribution in [0.1, 0.15) is 29.8 Å². The van der Waals surface area contributed by atoms with Gasteiger partial charge in [-0.1, -0.05) is 37.6 Å². The van der Waals surface area contributed by atoms with Crippen LogP contribution in [0, 0.1) is 9.49 Å². The summed E-state index contributed by atoms with van der Waals surface area (Å²) in [6, 6.07) is 10.7. The van der Waals surface area contributed by atoms with Gasteiger partial charge in [0.15, 0.2) is 0 Å². The van der Waals surface area contributed by atoms with Crippen molar-refractivity contribution in [1.82, 2.24) is 5.32 Å². The molecule has 2 aromatic carbocycles. The fourth-order valence-electron chi connectivity index (χ4n) is 2.15. The Morgan fingerprint density at radius 3 is 2.42 bits per heavy atom. The van der Waals surface area contributed by atoms with Crippen LogP contribution in [0.5, 0.6) is 5.75 Å². The van der Waals surface area contributed by atoms with Crippen LogP contribution in [0.2, 0.25) is 5.02 Å². The molecular weight excluding hydrogens is 467 g/mol. The third-order valence-electron chi connectivity index (χ3n) is 3.69. The van der Waals surface area contributed by atoms with Crippen molar-refractivity contribution in [2.24, 2.45) is 5.92 Å². The molecule has 0 spiro atoms. The fraction of sp³-hybridized carbons (Fsp3) is 0.263. The Labute approximate surface area is 171 Å². The van der Waals surface area contributed by atoms with Crippen molar-refractivity contribution in [3.63, 3.8) is 0 Å². The maximum absolute atomic E-state index is 12.4. The second kappa shape index (κ2) is 9.23. The Balaban J connectivity index is 2.02. The number of amides is 2. The van der Waals surface area contributed by atoms with E-state index in [-0.39, 0.29) is 17.7 Å². The van der Waals surface area contributed by atoms with Gasteiger partial charge in [0, 0.05) is 21.7 Å². The summed E-state index contributed by atoms with van der Waals surface area (Å²) < 4.78 is 6.08. The lowest BCUT2D eigenvalue weighted by Gasteiger charge is -2.12. The number of nitrogens with one attached hydrogen (secondary N) is 2. The molecule has 2 N–H and O–H groups in total. The van der Waals surface area contributed by atoms with Crippen molar-refractivity contribution in [3.8, 4) is 5.75 Å². The molecular formula is C19H20ClIN2O3. The zero-order valence-electron chi connectivity index (χ0n) is 14.7. The average Bonchev–Trinajstić information content (AvgIpc) is 2.62. The molecule has 2 rings (SSSR count). The highest BCUT2D eigenvalue weighted by Gasteiger charge is 2.15. The third-order valence-corrected chi connectivity index (χ3v) is 5.21. The summed E-state index contributed by atoms with van der Waals surface area (Å²) in [5.74, 6) is 0.0961. The van der Waals surface area contributed by atoms with E-state index in [0.717, 1.165) is 14.8 Å². The number of carbonyl (C=O) groups is 2. The predicted octanol–water partition coefficient (Wildman–Crippen LogP) is 4.48. The summed E-state index contributed by atoms with van der Waals surface area (Å²) in [6.07, 6.45) is 0. The van der Waals surface area contributed by atoms with Gasteiger partial charge in [-0.3, -0.25) is 9.59 Å². The monoisotopic (exact) mass is 486 g/mol. The molecule has 0 atom stereocenters. The summed E-state index contributed by atoms with van der Waals surface area (Å²) in [4.78, 5) is 24.1. The molecule has 0 saturated carbocycles. The van der Waals surface area contributed by atoms with Gasteiger partial charge >= 0.3 is 0 Å². The van der Waals surface area contributed by atoms with Gasteiger partial charge in [0.25, 0.3) is 5.91 Å². The second-order valence-corrected chi connectivity index (χ2v) is 7.56. The Hall–Kier alpha value is -1.80. The van der Waals surface area contributed by atoms with Crippen molar-refractivity contribution in [3.05, 3.63) is 56.1 Å². The van der Waals surface area contributed by atoms with Gasteiger partial charge in [-0.2, -0.15) is 0 Å². The van der Waals surface area contributed by atoms with E-state index in [1.165, 1.54) is 7.11 Å². The number of carbonyl (C=O) groups excluding carboxylic acids is 2. The number of halogens is 2. The molecule has 0 unspecified atom stereocenters. The van der Waals surface area contributed by atoms with E-state index in [9.17, 15) is 9.59 Å². The van der Waals surface area contributed by atoms with Crippen LogP contribution in [0.4, 0.5) is 5.69 Å². The first kappa shape index (κ1) is 20.5. The molecule has 0 heterocycles. The molecule has 5 nitrogen and oxygen atoms in total. The minimum Gasteiger partial charge on any atom is -0.496 e. The molecule has 0 radical (unpaired) electrons. The molecule has 0 aromatic heterocycles. The van der Waals surface area contributed by atoms with Crippen LogP contribution in [-0.2, 0) is 11.3 Å². The van der Waals surface area contributed by atoms with Gasteiger partial charge in [-0.15, -0.1) is 0 Å². The van der Waals surface area contributed by atoms with Crippen LogP contribution in [-0.4, -0.2) is 18.9 Å². The molecule has 2 amide bonds. The Bertz CT molecular complexity index is 807. The molecule has 2 aromatic rings. The van der Waals surface area contributed by atoms with Gasteiger partial charge in [-0.05, 0) is 52.4 Å². The molecule has 138 valence electrons. The summed E-state index contributed by atoms with van der Waals surface area (Å²) in [5, 5.41) is 6.18. The van der Waals surface area contributed by atoms with E-state index >= 15 is 0 Å². The predicted molar refractivity (Wildman–Crippen MR) is 112 cm³/mol. The van der Waals surface area contributed by atoms with Gasteiger partial charge in [0.2, 0.25) is 5.91 Å². The van der Waals surface area contributed by atoms with Crippen molar-refractivity contribution >= 4 is 51.7 Å². The normalized spacial score (nSPS) is 10.5. The van der Waals surface area contributed by atoms with Crippen LogP contribution in [0.15, 0.2) is 36.4 Å². The highest BCUT2D eigenvalue weighted by Crippen LogP contribution is 2.28. The van der Waals surface area contributed by atoms with E-state index < -0.39 is 0 Å². The Kier molecular flexibility index (Phi) is 7.28. The number of anilines is 1. The first-order valence-corrected chi connectivity index (χ1v) is 9.48. The van der Waals surface area contributed by atoms with E-state index in [1.54, 1.807) is 12.1 Å². The minimum atomic E-state index is -0.266. The molecule has 0 fully saturated rings. The second-order valence-electron chi connectivity index (χ2n) is 5.99. The first-order valence-electron chi connectivity index (χ1n) is 8.03. The SMILES string of the molecule is COc1cc(I)c(Cl)cc1C(=O)NCc1ccc(NC(=O)C(C)C)cc1. The van der Waals surface area contributed by atoms with E-state index in [4.69, 9.17) is 16.3 Å². The van der Waals surface area contributed by atoms with Gasteiger partial charge in [0.1, 0.15) is 5.75 Å². The molecule has 0 aliphatic heterocycles. The van der Waals surface area contributed by atoms with E-state index in [2.05, 4.69) is 33.2 Å². The van der Waals surface area contributed by atoms with Crippen molar-refractivity contribution < 1.29 is 14.3 Å². The number of hydrogen-bond donors (Lipinski definition) is 2. The van der Waals surface area contributed by atoms with Gasteiger partial charge in [-0.25, -0.2) is 0 Å². The topological polar surface area (TPSA) is 67.4 Å². The number of hydrogen-bond acceptors (Lipinski definition) is 3. The molecule has 0 aliphatic carbocycles. The number of benzene rings is 2. The fourth-order valence-corrected chi connectivity index (χ4v) is 2.75. The molecule has 0 bridgehead atoms. The Morgan fingerprint density at radius 1 is 1.19 bits per heavy atom. The number of methoxy groups -OCH3 is 1. The smallest absolute Gasteiger partial charge is 0.255 e. The summed E-state index contributed by atoms with van der Waals surface area (Å²) in [5.41, 5.74) is 2.03. The first-order chi connectivity index (χ1) is 12.3. The Morgan fingerprint density at radius 2 is 1.85 bits per heavy atom. The lowest BCUT2D eigenvalue weighted by atomic mass is 10.1. The van der Waals surface area contributed by atoms with Gasteiger partial charge < -0.3 is 15.4 Å². The quantitative estimate of drug-likeness (QED) is 0.592. The lowest BCUT2D eigenvalue weighted by Crippen LogP contribution is -2.23. The third kappa shape index (κ3) is 5.35. The maximum Gasteiger partial charge on any atom is 0.255 e. The van der Waals surface area contributed by atoms with Crippen LogP contribution >= 0.6 is 34.2 Å². The lowest BCUT2D eigenvalue weighted by molar-refractivity contribution is -0.118. The zero-order chi connectivity index (χ0) is 19.3. The highest BCUT2D eigenvalue weighted by atomic mass is 127. The molecule has 26 heavy (non-hydrogen) atoms. The van der Waals surface area contributed by atoms with Crippen LogP contribution in [0.3, 0.4) is 0 Å². The van der Waals surface area contributed by atoms with Crippen molar-refractivity contribution in [2.75, 3.05) is 12.4 Å². The maximum atomic E-state index is 12.4. The molecule has 0 aliphatic rings. The van der Waals surface area contributed by atoms with Crippen LogP contribution in [0.25, 0.3) is 0 Å². The molecule has 7 heteroatoms. The highest BCUT2D eigenvalue weighted by molar-refractivity contribution is 14.1.